The predicted octanol–water partition coefficient (Wildman–Crippen LogP) is -1.23. The van der Waals surface area contributed by atoms with Gasteiger partial charge in [0, 0.05) is 13.2 Å². The average molecular weight is 203 g/mol. The number of hydrogen-bond acceptors (Lipinski definition) is 4. The van der Waals surface area contributed by atoms with Gasteiger partial charge in [-0.25, -0.2) is 5.84 Å². The molecule has 0 saturated heterocycles. The summed E-state index contributed by atoms with van der Waals surface area (Å²) in [5.41, 5.74) is 1.73. The molecular formula is C8H17N3O3. The summed E-state index contributed by atoms with van der Waals surface area (Å²) in [7, 11) is 0. The number of ether oxygens (including phenoxy) is 1. The van der Waals surface area contributed by atoms with Crippen molar-refractivity contribution < 1.29 is 14.3 Å². The van der Waals surface area contributed by atoms with Crippen LogP contribution in [0.25, 0.3) is 0 Å². The van der Waals surface area contributed by atoms with E-state index in [4.69, 9.17) is 10.6 Å². The summed E-state index contributed by atoms with van der Waals surface area (Å²) in [4.78, 5) is 21.4. The molecule has 0 aliphatic heterocycles. The highest BCUT2D eigenvalue weighted by atomic mass is 16.5. The Hall–Kier alpha value is -1.14. The highest BCUT2D eigenvalue weighted by Crippen LogP contribution is 1.90. The number of hydrazine groups is 1. The van der Waals surface area contributed by atoms with E-state index in [9.17, 15) is 9.59 Å². The van der Waals surface area contributed by atoms with Gasteiger partial charge in [-0.1, -0.05) is 13.8 Å². The lowest BCUT2D eigenvalue weighted by Crippen LogP contribution is -2.44. The molecule has 0 rings (SSSR count). The zero-order valence-corrected chi connectivity index (χ0v) is 8.50. The van der Waals surface area contributed by atoms with Crippen LogP contribution in [0.3, 0.4) is 0 Å². The molecule has 0 aliphatic rings. The van der Waals surface area contributed by atoms with Gasteiger partial charge in [0.05, 0.1) is 6.61 Å². The molecule has 0 saturated carbocycles. The lowest BCUT2D eigenvalue weighted by Gasteiger charge is -2.07. The minimum Gasteiger partial charge on any atom is -0.379 e. The molecule has 0 unspecified atom stereocenters. The Balaban J connectivity index is 3.36. The van der Waals surface area contributed by atoms with E-state index in [2.05, 4.69) is 5.32 Å². The number of amides is 2. The molecule has 0 aromatic carbocycles. The van der Waals surface area contributed by atoms with Gasteiger partial charge in [0.2, 0.25) is 0 Å². The van der Waals surface area contributed by atoms with E-state index in [-0.39, 0.29) is 0 Å². The first-order valence-corrected chi connectivity index (χ1v) is 4.44. The third kappa shape index (κ3) is 6.38. The van der Waals surface area contributed by atoms with Gasteiger partial charge in [-0.05, 0) is 5.92 Å². The van der Waals surface area contributed by atoms with Crippen LogP contribution in [0.2, 0.25) is 0 Å². The van der Waals surface area contributed by atoms with Crippen LogP contribution in [0.1, 0.15) is 13.8 Å². The molecule has 0 bridgehead atoms. The highest BCUT2D eigenvalue weighted by molar-refractivity contribution is 6.34. The Kier molecular flexibility index (Phi) is 6.69. The fourth-order valence-electron chi connectivity index (χ4n) is 0.702. The van der Waals surface area contributed by atoms with Crippen molar-refractivity contribution in [2.24, 2.45) is 11.8 Å². The third-order valence-corrected chi connectivity index (χ3v) is 1.32. The molecule has 0 aromatic heterocycles. The van der Waals surface area contributed by atoms with E-state index in [0.29, 0.717) is 25.7 Å². The quantitative estimate of drug-likeness (QED) is 0.171. The number of carbonyl (C=O) groups excluding carboxylic acids is 2. The maximum atomic E-state index is 10.8. The summed E-state index contributed by atoms with van der Waals surface area (Å²) in [5.74, 6) is 3.61. The van der Waals surface area contributed by atoms with Crippen molar-refractivity contribution in [1.82, 2.24) is 10.7 Å². The Morgan fingerprint density at radius 1 is 1.36 bits per heavy atom. The first-order valence-electron chi connectivity index (χ1n) is 4.44. The first kappa shape index (κ1) is 12.9. The Labute approximate surface area is 83.1 Å². The summed E-state index contributed by atoms with van der Waals surface area (Å²) in [5, 5.41) is 2.35. The van der Waals surface area contributed by atoms with E-state index in [0.717, 1.165) is 0 Å². The van der Waals surface area contributed by atoms with Gasteiger partial charge < -0.3 is 10.1 Å². The summed E-state index contributed by atoms with van der Waals surface area (Å²) in [6, 6.07) is 0. The molecular weight excluding hydrogens is 186 g/mol. The first-order chi connectivity index (χ1) is 6.57. The van der Waals surface area contributed by atoms with E-state index < -0.39 is 11.8 Å². The van der Waals surface area contributed by atoms with Gasteiger partial charge in [0.1, 0.15) is 0 Å². The maximum Gasteiger partial charge on any atom is 0.323 e. The van der Waals surface area contributed by atoms with E-state index in [1.165, 1.54) is 0 Å². The van der Waals surface area contributed by atoms with Crippen LogP contribution >= 0.6 is 0 Å². The maximum absolute atomic E-state index is 10.8. The highest BCUT2D eigenvalue weighted by Gasteiger charge is 2.09. The average Bonchev–Trinajstić information content (AvgIpc) is 2.15. The number of nitrogens with two attached hydrogens (primary N) is 1. The molecule has 4 N–H and O–H groups in total. The summed E-state index contributed by atoms with van der Waals surface area (Å²) in [6.07, 6.45) is 0. The fourth-order valence-corrected chi connectivity index (χ4v) is 0.702. The van der Waals surface area contributed by atoms with Crippen molar-refractivity contribution in [2.75, 3.05) is 19.8 Å². The van der Waals surface area contributed by atoms with Crippen molar-refractivity contribution in [3.8, 4) is 0 Å². The second kappa shape index (κ2) is 7.28. The predicted molar refractivity (Wildman–Crippen MR) is 51.0 cm³/mol. The van der Waals surface area contributed by atoms with Crippen molar-refractivity contribution in [1.29, 1.82) is 0 Å². The van der Waals surface area contributed by atoms with Crippen LogP contribution in [-0.4, -0.2) is 31.6 Å². The molecule has 0 heterocycles. The number of rotatable bonds is 5. The minimum atomic E-state index is -0.853. The largest absolute Gasteiger partial charge is 0.379 e. The standard InChI is InChI=1S/C8H17N3O3/c1-6(2)5-14-4-3-10-7(12)8(13)11-9/h6H,3-5,9H2,1-2H3,(H,10,12)(H,11,13). The molecule has 2 amide bonds. The van der Waals surface area contributed by atoms with Gasteiger partial charge >= 0.3 is 11.8 Å². The van der Waals surface area contributed by atoms with Crippen molar-refractivity contribution in [3.05, 3.63) is 0 Å². The van der Waals surface area contributed by atoms with Crippen LogP contribution in [0, 0.1) is 5.92 Å². The van der Waals surface area contributed by atoms with Crippen molar-refractivity contribution in [2.45, 2.75) is 13.8 Å². The molecule has 14 heavy (non-hydrogen) atoms. The molecule has 0 aliphatic carbocycles. The number of carbonyl (C=O) groups is 2. The van der Waals surface area contributed by atoms with E-state index in [1.807, 2.05) is 13.8 Å². The Morgan fingerprint density at radius 3 is 2.50 bits per heavy atom. The molecule has 6 nitrogen and oxygen atoms in total. The second-order valence-corrected chi connectivity index (χ2v) is 3.20. The smallest absolute Gasteiger partial charge is 0.323 e. The van der Waals surface area contributed by atoms with E-state index in [1.54, 1.807) is 5.43 Å². The van der Waals surface area contributed by atoms with Crippen molar-refractivity contribution in [3.63, 3.8) is 0 Å². The van der Waals surface area contributed by atoms with Crippen LogP contribution in [0.4, 0.5) is 0 Å². The van der Waals surface area contributed by atoms with Crippen LogP contribution in [0.5, 0.6) is 0 Å². The van der Waals surface area contributed by atoms with Gasteiger partial charge in [-0.2, -0.15) is 0 Å². The summed E-state index contributed by atoms with van der Waals surface area (Å²) >= 11 is 0. The Morgan fingerprint density at radius 2 is 2.00 bits per heavy atom. The SMILES string of the molecule is CC(C)COCCNC(=O)C(=O)NN. The molecule has 0 atom stereocenters. The fraction of sp³-hybridized carbons (Fsp3) is 0.750. The van der Waals surface area contributed by atoms with Crippen LogP contribution in [-0.2, 0) is 14.3 Å². The molecule has 0 radical (unpaired) electrons. The number of hydrogen-bond donors (Lipinski definition) is 3. The van der Waals surface area contributed by atoms with Crippen molar-refractivity contribution >= 4 is 11.8 Å². The minimum absolute atomic E-state index is 0.305. The van der Waals surface area contributed by atoms with Crippen LogP contribution < -0.4 is 16.6 Å². The monoisotopic (exact) mass is 203 g/mol. The van der Waals surface area contributed by atoms with Gasteiger partial charge in [0.25, 0.3) is 0 Å². The van der Waals surface area contributed by atoms with E-state index >= 15 is 0 Å². The zero-order chi connectivity index (χ0) is 11.0. The summed E-state index contributed by atoms with van der Waals surface area (Å²) < 4.78 is 5.18. The lowest BCUT2D eigenvalue weighted by atomic mass is 10.2. The topological polar surface area (TPSA) is 93.4 Å². The molecule has 0 spiro atoms. The molecule has 6 heteroatoms. The molecule has 82 valence electrons. The third-order valence-electron chi connectivity index (χ3n) is 1.32. The number of nitrogens with one attached hydrogen (secondary N) is 2. The second-order valence-electron chi connectivity index (χ2n) is 3.20. The lowest BCUT2D eigenvalue weighted by molar-refractivity contribution is -0.139. The van der Waals surface area contributed by atoms with Gasteiger partial charge in [-0.15, -0.1) is 0 Å². The normalized spacial score (nSPS) is 10.0. The Bertz CT molecular complexity index is 194. The summed E-state index contributed by atoms with van der Waals surface area (Å²) in [6.45, 7) is 5.39. The van der Waals surface area contributed by atoms with Gasteiger partial charge in [0.15, 0.2) is 0 Å². The van der Waals surface area contributed by atoms with Gasteiger partial charge in [-0.3, -0.25) is 15.0 Å². The molecule has 0 aromatic rings. The molecule has 0 fully saturated rings. The zero-order valence-electron chi connectivity index (χ0n) is 8.50. The van der Waals surface area contributed by atoms with Crippen LogP contribution in [0.15, 0.2) is 0 Å².